The van der Waals surface area contributed by atoms with Gasteiger partial charge in [0, 0.05) is 6.54 Å². The summed E-state index contributed by atoms with van der Waals surface area (Å²) in [4.78, 5) is 35.4. The number of rotatable bonds is 8. The zero-order valence-corrected chi connectivity index (χ0v) is 11.6. The molecule has 0 fully saturated rings. The number of nitrogens with zero attached hydrogens (tertiary/aromatic N) is 1. The highest BCUT2D eigenvalue weighted by molar-refractivity contribution is 6.08. The SMILES string of the molecule is CCCCCN(CC(=O)C(C)(N)C(=O)O)C(=O)OC. The Labute approximate surface area is 112 Å². The van der Waals surface area contributed by atoms with Crippen LogP contribution in [-0.4, -0.2) is 53.6 Å². The van der Waals surface area contributed by atoms with E-state index in [1.807, 2.05) is 6.92 Å². The Kier molecular flexibility index (Phi) is 7.06. The van der Waals surface area contributed by atoms with Gasteiger partial charge in [0.05, 0.1) is 13.7 Å². The van der Waals surface area contributed by atoms with Crippen molar-refractivity contribution >= 4 is 17.8 Å². The van der Waals surface area contributed by atoms with Gasteiger partial charge >= 0.3 is 12.1 Å². The number of nitrogens with two attached hydrogens (primary N) is 1. The van der Waals surface area contributed by atoms with Crippen LogP contribution < -0.4 is 5.73 Å². The van der Waals surface area contributed by atoms with E-state index in [4.69, 9.17) is 10.8 Å². The molecule has 0 heterocycles. The first-order valence-electron chi connectivity index (χ1n) is 6.15. The minimum Gasteiger partial charge on any atom is -0.480 e. The van der Waals surface area contributed by atoms with E-state index in [2.05, 4.69) is 4.74 Å². The van der Waals surface area contributed by atoms with Crippen LogP contribution in [0.25, 0.3) is 0 Å². The Balaban J connectivity index is 4.68. The monoisotopic (exact) mass is 274 g/mol. The van der Waals surface area contributed by atoms with Crippen LogP contribution >= 0.6 is 0 Å². The number of hydrogen-bond donors (Lipinski definition) is 2. The third-order valence-corrected chi connectivity index (χ3v) is 2.82. The van der Waals surface area contributed by atoms with Gasteiger partial charge in [0.15, 0.2) is 11.3 Å². The van der Waals surface area contributed by atoms with E-state index in [0.29, 0.717) is 13.0 Å². The van der Waals surface area contributed by atoms with Crippen LogP contribution in [0.5, 0.6) is 0 Å². The Morgan fingerprint density at radius 2 is 1.89 bits per heavy atom. The zero-order valence-electron chi connectivity index (χ0n) is 11.6. The first-order chi connectivity index (χ1) is 8.77. The van der Waals surface area contributed by atoms with Gasteiger partial charge in [0.1, 0.15) is 0 Å². The van der Waals surface area contributed by atoms with Crippen LogP contribution in [0.2, 0.25) is 0 Å². The number of methoxy groups -OCH3 is 1. The molecule has 0 aromatic carbocycles. The van der Waals surface area contributed by atoms with Gasteiger partial charge in [-0.1, -0.05) is 19.8 Å². The lowest BCUT2D eigenvalue weighted by molar-refractivity contribution is -0.147. The number of carbonyl (C=O) groups is 3. The summed E-state index contributed by atoms with van der Waals surface area (Å²) >= 11 is 0. The van der Waals surface area contributed by atoms with Gasteiger partial charge in [0.2, 0.25) is 0 Å². The number of aliphatic carboxylic acids is 1. The molecule has 0 saturated carbocycles. The summed E-state index contributed by atoms with van der Waals surface area (Å²) in [7, 11) is 1.21. The van der Waals surface area contributed by atoms with Crippen molar-refractivity contribution in [2.24, 2.45) is 5.73 Å². The lowest BCUT2D eigenvalue weighted by Gasteiger charge is -2.24. The lowest BCUT2D eigenvalue weighted by Crippen LogP contribution is -2.56. The summed E-state index contributed by atoms with van der Waals surface area (Å²) in [6.45, 7) is 3.09. The largest absolute Gasteiger partial charge is 0.480 e. The van der Waals surface area contributed by atoms with Crippen molar-refractivity contribution in [1.82, 2.24) is 4.90 Å². The smallest absolute Gasteiger partial charge is 0.409 e. The molecule has 1 amide bonds. The summed E-state index contributed by atoms with van der Waals surface area (Å²) in [5, 5.41) is 8.85. The quantitative estimate of drug-likeness (QED) is 0.496. The average Bonchev–Trinajstić information content (AvgIpc) is 2.36. The zero-order chi connectivity index (χ0) is 15.1. The van der Waals surface area contributed by atoms with Gasteiger partial charge in [-0.2, -0.15) is 0 Å². The van der Waals surface area contributed by atoms with Crippen molar-refractivity contribution in [3.63, 3.8) is 0 Å². The number of unbranched alkanes of at least 4 members (excludes halogenated alkanes) is 2. The van der Waals surface area contributed by atoms with Crippen molar-refractivity contribution in [3.8, 4) is 0 Å². The predicted octanol–water partition coefficient (Wildman–Crippen LogP) is 0.616. The summed E-state index contributed by atoms with van der Waals surface area (Å²) in [6.07, 6.45) is 1.92. The molecule has 0 aromatic heterocycles. The number of carboxylic acids is 1. The van der Waals surface area contributed by atoms with Crippen LogP contribution in [0, 0.1) is 0 Å². The van der Waals surface area contributed by atoms with Crippen LogP contribution in [-0.2, 0) is 14.3 Å². The molecule has 0 radical (unpaired) electrons. The van der Waals surface area contributed by atoms with E-state index < -0.39 is 23.4 Å². The van der Waals surface area contributed by atoms with Crippen LogP contribution in [0.15, 0.2) is 0 Å². The van der Waals surface area contributed by atoms with Crippen molar-refractivity contribution in [3.05, 3.63) is 0 Å². The maximum absolute atomic E-state index is 11.8. The molecule has 0 aliphatic heterocycles. The topological polar surface area (TPSA) is 110 Å². The summed E-state index contributed by atoms with van der Waals surface area (Å²) in [5.74, 6) is -2.15. The van der Waals surface area contributed by atoms with E-state index in [9.17, 15) is 14.4 Å². The van der Waals surface area contributed by atoms with Crippen molar-refractivity contribution in [1.29, 1.82) is 0 Å². The van der Waals surface area contributed by atoms with Crippen molar-refractivity contribution < 1.29 is 24.2 Å². The third kappa shape index (κ3) is 5.25. The normalized spacial score (nSPS) is 13.5. The number of hydrogen-bond acceptors (Lipinski definition) is 5. The van der Waals surface area contributed by atoms with E-state index in [0.717, 1.165) is 19.8 Å². The fourth-order valence-electron chi connectivity index (χ4n) is 1.37. The maximum Gasteiger partial charge on any atom is 0.409 e. The molecule has 0 aliphatic rings. The molecule has 0 spiro atoms. The third-order valence-electron chi connectivity index (χ3n) is 2.82. The second-order valence-electron chi connectivity index (χ2n) is 4.53. The number of amides is 1. The molecule has 0 aromatic rings. The summed E-state index contributed by atoms with van der Waals surface area (Å²) < 4.78 is 4.56. The molecule has 0 bridgehead atoms. The van der Waals surface area contributed by atoms with Crippen molar-refractivity contribution in [2.45, 2.75) is 38.6 Å². The molecular formula is C12H22N2O5. The number of carbonyl (C=O) groups excluding carboxylic acids is 2. The van der Waals surface area contributed by atoms with Crippen LogP contribution in [0.1, 0.15) is 33.1 Å². The molecule has 19 heavy (non-hydrogen) atoms. The van der Waals surface area contributed by atoms with Gasteiger partial charge in [-0.05, 0) is 13.3 Å². The van der Waals surface area contributed by atoms with Gasteiger partial charge in [-0.3, -0.25) is 4.79 Å². The van der Waals surface area contributed by atoms with Crippen LogP contribution in [0.4, 0.5) is 4.79 Å². The summed E-state index contributed by atoms with van der Waals surface area (Å²) in [5.41, 5.74) is 3.42. The number of ether oxygens (including phenoxy) is 1. The second kappa shape index (κ2) is 7.73. The Morgan fingerprint density at radius 1 is 1.32 bits per heavy atom. The van der Waals surface area contributed by atoms with E-state index in [1.54, 1.807) is 0 Å². The molecule has 110 valence electrons. The predicted molar refractivity (Wildman–Crippen MR) is 68.7 cm³/mol. The Bertz CT molecular complexity index is 341. The van der Waals surface area contributed by atoms with Gasteiger partial charge in [0.25, 0.3) is 0 Å². The highest BCUT2D eigenvalue weighted by Crippen LogP contribution is 2.06. The minimum atomic E-state index is -2.00. The van der Waals surface area contributed by atoms with Crippen LogP contribution in [0.3, 0.4) is 0 Å². The molecule has 7 heteroatoms. The second-order valence-corrected chi connectivity index (χ2v) is 4.53. The van der Waals surface area contributed by atoms with Gasteiger partial charge in [-0.15, -0.1) is 0 Å². The molecule has 0 aliphatic carbocycles. The van der Waals surface area contributed by atoms with E-state index in [1.165, 1.54) is 12.0 Å². The first kappa shape index (κ1) is 17.4. The van der Waals surface area contributed by atoms with E-state index in [-0.39, 0.29) is 6.54 Å². The molecular weight excluding hydrogens is 252 g/mol. The fraction of sp³-hybridized carbons (Fsp3) is 0.750. The Hall–Kier alpha value is -1.63. The highest BCUT2D eigenvalue weighted by atomic mass is 16.5. The Morgan fingerprint density at radius 3 is 2.32 bits per heavy atom. The lowest BCUT2D eigenvalue weighted by atomic mass is 9.98. The highest BCUT2D eigenvalue weighted by Gasteiger charge is 2.38. The minimum absolute atomic E-state index is 0.335. The maximum atomic E-state index is 11.8. The molecule has 1 atom stereocenters. The molecule has 3 N–H and O–H groups in total. The van der Waals surface area contributed by atoms with Gasteiger partial charge in [-0.25, -0.2) is 9.59 Å². The average molecular weight is 274 g/mol. The molecule has 7 nitrogen and oxygen atoms in total. The molecule has 1 unspecified atom stereocenters. The molecule has 0 rings (SSSR count). The first-order valence-corrected chi connectivity index (χ1v) is 6.15. The number of Topliss-reactive ketones (excluding diaryl/α,β-unsaturated/α-hetero) is 1. The number of ketones is 1. The van der Waals surface area contributed by atoms with E-state index >= 15 is 0 Å². The van der Waals surface area contributed by atoms with Crippen molar-refractivity contribution in [2.75, 3.05) is 20.2 Å². The number of carboxylic acid groups (broad SMARTS) is 1. The summed E-state index contributed by atoms with van der Waals surface area (Å²) in [6, 6.07) is 0. The fourth-order valence-corrected chi connectivity index (χ4v) is 1.37. The van der Waals surface area contributed by atoms with Gasteiger partial charge < -0.3 is 20.5 Å². The molecule has 0 saturated heterocycles. The standard InChI is InChI=1S/C12H22N2O5/c1-4-5-6-7-14(11(18)19-3)8-9(15)12(2,13)10(16)17/h4-8,13H2,1-3H3,(H,16,17).